The molecule has 2 heterocycles. The van der Waals surface area contributed by atoms with E-state index < -0.39 is 5.97 Å². The number of rotatable bonds is 3. The monoisotopic (exact) mass is 275 g/mol. The number of carbonyl (C=O) groups is 1. The van der Waals surface area contributed by atoms with Gasteiger partial charge in [-0.25, -0.2) is 9.78 Å². The Kier molecular flexibility index (Phi) is 2.68. The van der Waals surface area contributed by atoms with Gasteiger partial charge in [0.05, 0.1) is 29.5 Å². The normalized spacial score (nSPS) is 10.9. The number of aromatic carboxylic acids is 1. The first-order valence-electron chi connectivity index (χ1n) is 5.48. The molecule has 0 saturated heterocycles. The molecular formula is C12H9N3O3S. The summed E-state index contributed by atoms with van der Waals surface area (Å²) in [6, 6.07) is 4.79. The molecule has 0 amide bonds. The number of thiazole rings is 1. The van der Waals surface area contributed by atoms with Gasteiger partial charge in [-0.3, -0.25) is 4.79 Å². The summed E-state index contributed by atoms with van der Waals surface area (Å²) >= 11 is 1.12. The van der Waals surface area contributed by atoms with E-state index in [4.69, 9.17) is 5.11 Å². The van der Waals surface area contributed by atoms with Gasteiger partial charge in [0.2, 0.25) is 0 Å². The zero-order valence-corrected chi connectivity index (χ0v) is 10.5. The Morgan fingerprint density at radius 3 is 3.00 bits per heavy atom. The topological polar surface area (TPSA) is 88.0 Å². The minimum atomic E-state index is -0.974. The lowest BCUT2D eigenvalue weighted by Gasteiger charge is -2.02. The summed E-state index contributed by atoms with van der Waals surface area (Å²) in [4.78, 5) is 28.8. The van der Waals surface area contributed by atoms with Gasteiger partial charge in [-0.05, 0) is 18.2 Å². The van der Waals surface area contributed by atoms with Crippen LogP contribution in [-0.2, 0) is 6.54 Å². The highest BCUT2D eigenvalue weighted by Gasteiger charge is 2.08. The molecule has 0 radical (unpaired) electrons. The van der Waals surface area contributed by atoms with E-state index in [2.05, 4.69) is 9.97 Å². The van der Waals surface area contributed by atoms with Gasteiger partial charge in [-0.1, -0.05) is 11.3 Å². The predicted molar refractivity (Wildman–Crippen MR) is 70.7 cm³/mol. The number of carboxylic acids is 1. The number of hydrogen-bond donors (Lipinski definition) is 2. The van der Waals surface area contributed by atoms with Crippen molar-refractivity contribution in [2.75, 3.05) is 0 Å². The van der Waals surface area contributed by atoms with E-state index in [9.17, 15) is 9.59 Å². The van der Waals surface area contributed by atoms with Gasteiger partial charge < -0.3 is 14.7 Å². The quantitative estimate of drug-likeness (QED) is 0.758. The molecule has 3 aromatic rings. The van der Waals surface area contributed by atoms with Gasteiger partial charge in [-0.2, -0.15) is 0 Å². The highest BCUT2D eigenvalue weighted by Crippen LogP contribution is 2.16. The lowest BCUT2D eigenvalue weighted by molar-refractivity contribution is 0.0697. The van der Waals surface area contributed by atoms with Crippen molar-refractivity contribution in [3.05, 3.63) is 50.8 Å². The van der Waals surface area contributed by atoms with Crippen LogP contribution >= 0.6 is 11.3 Å². The Morgan fingerprint density at radius 1 is 1.47 bits per heavy atom. The first-order valence-corrected chi connectivity index (χ1v) is 6.36. The van der Waals surface area contributed by atoms with Crippen molar-refractivity contribution in [2.24, 2.45) is 0 Å². The highest BCUT2D eigenvalue weighted by molar-refractivity contribution is 7.07. The number of hydrogen-bond acceptors (Lipinski definition) is 4. The molecule has 0 fully saturated rings. The average Bonchev–Trinajstić information content (AvgIpc) is 2.96. The minimum absolute atomic E-state index is 0.0902. The van der Waals surface area contributed by atoms with E-state index in [0.717, 1.165) is 22.5 Å². The third-order valence-electron chi connectivity index (χ3n) is 2.78. The molecule has 2 aromatic heterocycles. The van der Waals surface area contributed by atoms with Crippen LogP contribution in [0, 0.1) is 0 Å². The molecule has 7 heteroatoms. The van der Waals surface area contributed by atoms with Crippen molar-refractivity contribution in [1.82, 2.24) is 14.5 Å². The van der Waals surface area contributed by atoms with Gasteiger partial charge in [0.1, 0.15) is 0 Å². The van der Waals surface area contributed by atoms with E-state index in [1.54, 1.807) is 23.8 Å². The molecular weight excluding hydrogens is 266 g/mol. The van der Waals surface area contributed by atoms with E-state index in [-0.39, 0.29) is 10.4 Å². The van der Waals surface area contributed by atoms with E-state index in [1.165, 1.54) is 6.07 Å². The second-order valence-corrected chi connectivity index (χ2v) is 4.90. The summed E-state index contributed by atoms with van der Waals surface area (Å²) in [6.45, 7) is 0.502. The Labute approximate surface area is 111 Å². The zero-order valence-electron chi connectivity index (χ0n) is 9.66. The molecule has 0 aliphatic carbocycles. The van der Waals surface area contributed by atoms with Crippen LogP contribution in [0.25, 0.3) is 11.0 Å². The highest BCUT2D eigenvalue weighted by atomic mass is 32.1. The number of aromatic nitrogens is 3. The second-order valence-electron chi connectivity index (χ2n) is 4.05. The number of H-pyrrole nitrogens is 1. The molecule has 0 aliphatic rings. The van der Waals surface area contributed by atoms with Crippen LogP contribution in [0.15, 0.2) is 34.7 Å². The van der Waals surface area contributed by atoms with Crippen LogP contribution in [0.4, 0.5) is 0 Å². The molecule has 0 bridgehead atoms. The van der Waals surface area contributed by atoms with Crippen LogP contribution < -0.4 is 4.87 Å². The standard InChI is InChI=1S/C12H9N3O3S/c16-11(17)7-1-2-10-9(3-7)13-6-15(10)4-8-5-19-12(18)14-8/h1-3,5-6H,4H2,(H,14,18)(H,16,17). The fourth-order valence-corrected chi connectivity index (χ4v) is 2.47. The first-order chi connectivity index (χ1) is 9.13. The Hall–Kier alpha value is -2.41. The largest absolute Gasteiger partial charge is 0.478 e. The molecule has 0 unspecified atom stereocenters. The Morgan fingerprint density at radius 2 is 2.32 bits per heavy atom. The second kappa shape index (κ2) is 4.36. The Bertz CT molecular complexity index is 815. The van der Waals surface area contributed by atoms with Crippen LogP contribution in [-0.4, -0.2) is 25.6 Å². The average molecular weight is 275 g/mol. The fraction of sp³-hybridized carbons (Fsp3) is 0.0833. The Balaban J connectivity index is 2.01. The van der Waals surface area contributed by atoms with Crippen molar-refractivity contribution in [3.8, 4) is 0 Å². The van der Waals surface area contributed by atoms with Crippen LogP contribution in [0.5, 0.6) is 0 Å². The molecule has 1 aromatic carbocycles. The van der Waals surface area contributed by atoms with Gasteiger partial charge >= 0.3 is 10.8 Å². The molecule has 96 valence electrons. The van der Waals surface area contributed by atoms with Gasteiger partial charge in [-0.15, -0.1) is 0 Å². The predicted octanol–water partition coefficient (Wildman–Crippen LogP) is 1.53. The smallest absolute Gasteiger partial charge is 0.335 e. The van der Waals surface area contributed by atoms with Crippen molar-refractivity contribution in [1.29, 1.82) is 0 Å². The summed E-state index contributed by atoms with van der Waals surface area (Å²) in [5.41, 5.74) is 2.47. The number of benzene rings is 1. The zero-order chi connectivity index (χ0) is 13.4. The number of imidazole rings is 1. The summed E-state index contributed by atoms with van der Waals surface area (Å²) in [5.74, 6) is -0.974. The molecule has 0 aliphatic heterocycles. The van der Waals surface area contributed by atoms with Gasteiger partial charge in [0.25, 0.3) is 0 Å². The van der Waals surface area contributed by atoms with Crippen LogP contribution in [0.1, 0.15) is 16.1 Å². The van der Waals surface area contributed by atoms with E-state index >= 15 is 0 Å². The van der Waals surface area contributed by atoms with Gasteiger partial charge in [0.15, 0.2) is 0 Å². The molecule has 6 nitrogen and oxygen atoms in total. The summed E-state index contributed by atoms with van der Waals surface area (Å²) in [7, 11) is 0. The summed E-state index contributed by atoms with van der Waals surface area (Å²) < 4.78 is 1.86. The van der Waals surface area contributed by atoms with Gasteiger partial charge in [0, 0.05) is 11.1 Å². The maximum atomic E-state index is 11.1. The molecule has 2 N–H and O–H groups in total. The number of aromatic amines is 1. The third-order valence-corrected chi connectivity index (χ3v) is 3.50. The molecule has 3 rings (SSSR count). The lowest BCUT2D eigenvalue weighted by Crippen LogP contribution is -2.02. The van der Waals surface area contributed by atoms with Crippen molar-refractivity contribution in [2.45, 2.75) is 6.54 Å². The van der Waals surface area contributed by atoms with Crippen molar-refractivity contribution in [3.63, 3.8) is 0 Å². The lowest BCUT2D eigenvalue weighted by atomic mass is 10.2. The fourth-order valence-electron chi connectivity index (χ4n) is 1.90. The molecule has 0 spiro atoms. The maximum absolute atomic E-state index is 11.1. The van der Waals surface area contributed by atoms with E-state index in [0.29, 0.717) is 12.1 Å². The van der Waals surface area contributed by atoms with E-state index in [1.807, 2.05) is 4.57 Å². The molecule has 19 heavy (non-hydrogen) atoms. The number of fused-ring (bicyclic) bond motifs is 1. The first kappa shape index (κ1) is 11.7. The van der Waals surface area contributed by atoms with Crippen LogP contribution in [0.3, 0.4) is 0 Å². The molecule has 0 atom stereocenters. The number of carboxylic acid groups (broad SMARTS) is 1. The minimum Gasteiger partial charge on any atom is -0.478 e. The summed E-state index contributed by atoms with van der Waals surface area (Å²) in [5, 5.41) is 10.7. The van der Waals surface area contributed by atoms with Crippen molar-refractivity contribution < 1.29 is 9.90 Å². The third kappa shape index (κ3) is 2.15. The molecule has 0 saturated carbocycles. The summed E-state index contributed by atoms with van der Waals surface area (Å²) in [6.07, 6.45) is 1.63. The van der Waals surface area contributed by atoms with Crippen molar-refractivity contribution >= 4 is 28.3 Å². The number of nitrogens with one attached hydrogen (secondary N) is 1. The number of nitrogens with zero attached hydrogens (tertiary/aromatic N) is 2. The SMILES string of the molecule is O=C(O)c1ccc2c(c1)ncn2Cc1csc(=O)[nH]1. The van der Waals surface area contributed by atoms with Crippen LogP contribution in [0.2, 0.25) is 0 Å². The maximum Gasteiger partial charge on any atom is 0.335 e.